The van der Waals surface area contributed by atoms with Crippen molar-refractivity contribution < 1.29 is 18.0 Å². The van der Waals surface area contributed by atoms with Crippen LogP contribution in [0.25, 0.3) is 22.0 Å². The van der Waals surface area contributed by atoms with Gasteiger partial charge in [0.15, 0.2) is 0 Å². The van der Waals surface area contributed by atoms with Crippen LogP contribution in [0.15, 0.2) is 73.1 Å². The van der Waals surface area contributed by atoms with Crippen molar-refractivity contribution >= 4 is 28.4 Å². The van der Waals surface area contributed by atoms with Gasteiger partial charge in [-0.15, -0.1) is 0 Å². The van der Waals surface area contributed by atoms with E-state index in [-0.39, 0.29) is 6.04 Å². The van der Waals surface area contributed by atoms with Gasteiger partial charge in [-0.2, -0.15) is 13.2 Å². The lowest BCUT2D eigenvalue weighted by molar-refractivity contribution is -0.137. The smallest absolute Gasteiger partial charge is 0.342 e. The van der Waals surface area contributed by atoms with Gasteiger partial charge in [-0.3, -0.25) is 9.78 Å². The van der Waals surface area contributed by atoms with Crippen LogP contribution < -0.4 is 10.6 Å². The third-order valence-electron chi connectivity index (χ3n) is 6.62. The summed E-state index contributed by atoms with van der Waals surface area (Å²) in [5.41, 5.74) is 2.01. The Morgan fingerprint density at radius 3 is 2.65 bits per heavy atom. The predicted molar refractivity (Wildman–Crippen MR) is 137 cm³/mol. The summed E-state index contributed by atoms with van der Waals surface area (Å²) in [5, 5.41) is 6.66. The van der Waals surface area contributed by atoms with Crippen LogP contribution in [0.3, 0.4) is 0 Å². The first-order valence-corrected chi connectivity index (χ1v) is 12.4. The molecule has 1 aliphatic rings. The summed E-state index contributed by atoms with van der Waals surface area (Å²) >= 11 is 5.99. The second kappa shape index (κ2) is 10.5. The third-order valence-corrected chi connectivity index (χ3v) is 7.00. The lowest BCUT2D eigenvalue weighted by atomic mass is 9.90. The number of carbonyl (C=O) groups excluding carboxylic acids is 1. The maximum absolute atomic E-state index is 13.4. The first kappa shape index (κ1) is 25.2. The highest BCUT2D eigenvalue weighted by Gasteiger charge is 2.36. The van der Waals surface area contributed by atoms with E-state index in [4.69, 9.17) is 11.6 Å². The van der Waals surface area contributed by atoms with E-state index in [1.807, 2.05) is 48.5 Å². The number of hydrogen-bond acceptors (Lipinski definition) is 4. The fourth-order valence-electron chi connectivity index (χ4n) is 4.75. The molecule has 1 fully saturated rings. The minimum absolute atomic E-state index is 0.104. The van der Waals surface area contributed by atoms with Gasteiger partial charge < -0.3 is 10.6 Å². The molecule has 0 spiro atoms. The van der Waals surface area contributed by atoms with Gasteiger partial charge in [-0.05, 0) is 54.8 Å². The van der Waals surface area contributed by atoms with E-state index in [1.54, 1.807) is 6.20 Å². The van der Waals surface area contributed by atoms with Crippen molar-refractivity contribution in [2.45, 2.75) is 37.5 Å². The number of pyridine rings is 2. The molecule has 3 heterocycles. The topological polar surface area (TPSA) is 66.9 Å². The Kier molecular flexibility index (Phi) is 7.13. The molecule has 0 unspecified atom stereocenters. The van der Waals surface area contributed by atoms with Crippen molar-refractivity contribution in [1.82, 2.24) is 20.6 Å². The minimum atomic E-state index is -4.69. The Hall–Kier alpha value is -3.49. The predicted octanol–water partition coefficient (Wildman–Crippen LogP) is 6.58. The number of alkyl halides is 3. The van der Waals surface area contributed by atoms with Gasteiger partial charge in [-0.1, -0.05) is 54.4 Å². The molecule has 2 aromatic carbocycles. The Morgan fingerprint density at radius 1 is 1.03 bits per heavy atom. The number of nitrogens with zero attached hydrogens (tertiary/aromatic N) is 2. The standard InChI is InChI=1S/C28H24ClF3N4O/c29-24-21(28(30,31)32)11-13-34-26(24)27(37)36-25(23-10-3-4-12-33-23)19-8-5-7-17(14-19)20-15-18-6-1-2-9-22(18)35-16-20/h1-2,5-9,11,13-16,23,25,33H,3-4,10,12H2,(H,36,37)/t23-,25-/m0/s1. The molecular formula is C28H24ClF3N4O. The average Bonchev–Trinajstić information content (AvgIpc) is 2.91. The number of amides is 1. The van der Waals surface area contributed by atoms with Gasteiger partial charge in [0.25, 0.3) is 5.91 Å². The number of halogens is 4. The van der Waals surface area contributed by atoms with Crippen LogP contribution in [0, 0.1) is 0 Å². The molecule has 5 rings (SSSR count). The maximum Gasteiger partial charge on any atom is 0.417 e. The molecule has 2 aromatic heterocycles. The second-order valence-corrected chi connectivity index (χ2v) is 9.45. The van der Waals surface area contributed by atoms with Gasteiger partial charge in [0.05, 0.1) is 22.1 Å². The average molecular weight is 525 g/mol. The van der Waals surface area contributed by atoms with Gasteiger partial charge in [0, 0.05) is 29.4 Å². The number of fused-ring (bicyclic) bond motifs is 1. The Morgan fingerprint density at radius 2 is 1.86 bits per heavy atom. The lowest BCUT2D eigenvalue weighted by Gasteiger charge is -2.32. The van der Waals surface area contributed by atoms with Crippen LogP contribution in [0.1, 0.15) is 46.9 Å². The Bertz CT molecular complexity index is 1440. The molecule has 0 radical (unpaired) electrons. The zero-order chi connectivity index (χ0) is 26.0. The lowest BCUT2D eigenvalue weighted by Crippen LogP contribution is -2.46. The highest BCUT2D eigenvalue weighted by molar-refractivity contribution is 6.34. The molecule has 4 aromatic rings. The molecule has 1 aliphatic heterocycles. The molecule has 2 atom stereocenters. The van der Waals surface area contributed by atoms with Crippen LogP contribution in [0.2, 0.25) is 5.02 Å². The molecule has 37 heavy (non-hydrogen) atoms. The van der Waals surface area contributed by atoms with Crippen LogP contribution in [0.5, 0.6) is 0 Å². The highest BCUT2D eigenvalue weighted by atomic mass is 35.5. The number of carbonyl (C=O) groups is 1. The van der Waals surface area contributed by atoms with Crippen molar-refractivity contribution in [3.63, 3.8) is 0 Å². The van der Waals surface area contributed by atoms with Gasteiger partial charge in [0.1, 0.15) is 5.69 Å². The molecule has 190 valence electrons. The largest absolute Gasteiger partial charge is 0.417 e. The zero-order valence-electron chi connectivity index (χ0n) is 19.7. The molecular weight excluding hydrogens is 501 g/mol. The third kappa shape index (κ3) is 5.45. The molecule has 5 nitrogen and oxygen atoms in total. The summed E-state index contributed by atoms with van der Waals surface area (Å²) in [7, 11) is 0. The fourth-order valence-corrected chi connectivity index (χ4v) is 5.06. The number of piperidine rings is 1. The molecule has 2 N–H and O–H groups in total. The van der Waals surface area contributed by atoms with Gasteiger partial charge >= 0.3 is 6.18 Å². The van der Waals surface area contributed by atoms with E-state index in [0.717, 1.165) is 65.7 Å². The van der Waals surface area contributed by atoms with Gasteiger partial charge in [0.2, 0.25) is 0 Å². The van der Waals surface area contributed by atoms with E-state index in [9.17, 15) is 18.0 Å². The van der Waals surface area contributed by atoms with Crippen LogP contribution in [0.4, 0.5) is 13.2 Å². The van der Waals surface area contributed by atoms with E-state index in [0.29, 0.717) is 0 Å². The number of para-hydroxylation sites is 1. The molecule has 1 amide bonds. The number of rotatable bonds is 5. The van der Waals surface area contributed by atoms with Crippen molar-refractivity contribution in [3.8, 4) is 11.1 Å². The SMILES string of the molecule is O=C(N[C@@H](c1cccc(-c2cnc3ccccc3c2)c1)[C@@H]1CCCCN1)c1nccc(C(F)(F)F)c1Cl. The zero-order valence-corrected chi connectivity index (χ0v) is 20.5. The summed E-state index contributed by atoms with van der Waals surface area (Å²) in [6, 6.07) is 17.8. The summed E-state index contributed by atoms with van der Waals surface area (Å²) in [5.74, 6) is -0.758. The molecule has 0 bridgehead atoms. The summed E-state index contributed by atoms with van der Waals surface area (Å²) in [4.78, 5) is 21.6. The van der Waals surface area contributed by atoms with Crippen LogP contribution in [-0.2, 0) is 6.18 Å². The molecule has 1 saturated heterocycles. The fraction of sp³-hybridized carbons (Fsp3) is 0.250. The van der Waals surface area contributed by atoms with E-state index in [1.165, 1.54) is 0 Å². The van der Waals surface area contributed by atoms with E-state index >= 15 is 0 Å². The quantitative estimate of drug-likeness (QED) is 0.309. The second-order valence-electron chi connectivity index (χ2n) is 9.07. The molecule has 9 heteroatoms. The maximum atomic E-state index is 13.4. The number of hydrogen-bond donors (Lipinski definition) is 2. The first-order valence-electron chi connectivity index (χ1n) is 12.0. The van der Waals surface area contributed by atoms with E-state index in [2.05, 4.69) is 26.7 Å². The monoisotopic (exact) mass is 524 g/mol. The highest BCUT2D eigenvalue weighted by Crippen LogP contribution is 2.36. The molecule has 0 saturated carbocycles. The Balaban J connectivity index is 1.49. The minimum Gasteiger partial charge on any atom is -0.342 e. The van der Waals surface area contributed by atoms with Crippen molar-refractivity contribution in [2.75, 3.05) is 6.54 Å². The van der Waals surface area contributed by atoms with Crippen molar-refractivity contribution in [2.24, 2.45) is 0 Å². The van der Waals surface area contributed by atoms with Crippen LogP contribution in [-0.4, -0.2) is 28.5 Å². The van der Waals surface area contributed by atoms with Gasteiger partial charge in [-0.25, -0.2) is 4.98 Å². The van der Waals surface area contributed by atoms with E-state index < -0.39 is 34.4 Å². The van der Waals surface area contributed by atoms with Crippen molar-refractivity contribution in [3.05, 3.63) is 94.9 Å². The molecule has 0 aliphatic carbocycles. The van der Waals surface area contributed by atoms with Crippen LogP contribution >= 0.6 is 11.6 Å². The Labute approximate surface area is 217 Å². The normalized spacial score (nSPS) is 16.9. The number of nitrogens with one attached hydrogen (secondary N) is 2. The first-order chi connectivity index (χ1) is 17.8. The number of aromatic nitrogens is 2. The summed E-state index contributed by atoms with van der Waals surface area (Å²) < 4.78 is 40.1. The summed E-state index contributed by atoms with van der Waals surface area (Å²) in [6.45, 7) is 0.786. The van der Waals surface area contributed by atoms with Crippen molar-refractivity contribution in [1.29, 1.82) is 0 Å². The summed E-state index contributed by atoms with van der Waals surface area (Å²) in [6.07, 6.45) is 0.852. The number of benzene rings is 2.